The highest BCUT2D eigenvalue weighted by atomic mass is 16.2. The fourth-order valence-corrected chi connectivity index (χ4v) is 1.20. The Labute approximate surface area is 107 Å². The van der Waals surface area contributed by atoms with Crippen molar-refractivity contribution < 1.29 is 9.59 Å². The summed E-state index contributed by atoms with van der Waals surface area (Å²) in [6.07, 6.45) is 3.34. The zero-order valence-corrected chi connectivity index (χ0v) is 11.2. The first kappa shape index (κ1) is 14.2. The highest BCUT2D eigenvalue weighted by Crippen LogP contribution is 2.12. The normalized spacial score (nSPS) is 12.9. The van der Waals surface area contributed by atoms with E-state index in [1.54, 1.807) is 40.1 Å². The first-order chi connectivity index (χ1) is 8.30. The summed E-state index contributed by atoms with van der Waals surface area (Å²) in [4.78, 5) is 23.5. The van der Waals surface area contributed by atoms with E-state index in [9.17, 15) is 9.59 Å². The quantitative estimate of drug-likeness (QED) is 0.732. The smallest absolute Gasteiger partial charge is 0.242 e. The fourth-order valence-electron chi connectivity index (χ4n) is 1.20. The molecule has 1 rings (SSSR count). The minimum Gasteiger partial charge on any atom is -0.350 e. The van der Waals surface area contributed by atoms with Crippen LogP contribution >= 0.6 is 0 Å². The van der Waals surface area contributed by atoms with Crippen molar-refractivity contribution in [3.63, 3.8) is 0 Å². The zero-order valence-electron chi connectivity index (χ0n) is 11.2. The van der Waals surface area contributed by atoms with E-state index >= 15 is 0 Å². The van der Waals surface area contributed by atoms with E-state index in [1.807, 2.05) is 0 Å². The van der Waals surface area contributed by atoms with Crippen LogP contribution < -0.4 is 10.6 Å². The molecule has 0 aliphatic carbocycles. The van der Waals surface area contributed by atoms with Crippen molar-refractivity contribution in [1.29, 1.82) is 0 Å². The standard InChI is InChI=1S/C12H20N4O2/c1-8(16-11(18)12(2,3)4)10(17)13-5-9-6-14-15-7-9/h6-8H,5H2,1-4H3,(H,13,17)(H,14,15)(H,16,18). The molecule has 0 spiro atoms. The van der Waals surface area contributed by atoms with Crippen molar-refractivity contribution in [3.05, 3.63) is 18.0 Å². The van der Waals surface area contributed by atoms with Gasteiger partial charge in [0.25, 0.3) is 0 Å². The van der Waals surface area contributed by atoms with Crippen LogP contribution in [0.25, 0.3) is 0 Å². The Morgan fingerprint density at radius 1 is 1.44 bits per heavy atom. The predicted molar refractivity (Wildman–Crippen MR) is 67.5 cm³/mol. The van der Waals surface area contributed by atoms with Gasteiger partial charge in [-0.15, -0.1) is 0 Å². The summed E-state index contributed by atoms with van der Waals surface area (Å²) < 4.78 is 0. The Bertz CT molecular complexity index is 406. The van der Waals surface area contributed by atoms with Gasteiger partial charge in [-0.2, -0.15) is 5.10 Å². The molecular weight excluding hydrogens is 232 g/mol. The average Bonchev–Trinajstić information content (AvgIpc) is 2.77. The van der Waals surface area contributed by atoms with Crippen LogP contribution in [-0.4, -0.2) is 28.1 Å². The summed E-state index contributed by atoms with van der Waals surface area (Å²) in [7, 11) is 0. The van der Waals surface area contributed by atoms with E-state index < -0.39 is 11.5 Å². The minimum absolute atomic E-state index is 0.145. The van der Waals surface area contributed by atoms with Crippen LogP contribution in [-0.2, 0) is 16.1 Å². The molecule has 6 nitrogen and oxygen atoms in total. The molecule has 0 aliphatic rings. The van der Waals surface area contributed by atoms with Gasteiger partial charge in [-0.3, -0.25) is 14.7 Å². The number of hydrogen-bond donors (Lipinski definition) is 3. The predicted octanol–water partition coefficient (Wildman–Crippen LogP) is 0.577. The van der Waals surface area contributed by atoms with Crippen molar-refractivity contribution in [1.82, 2.24) is 20.8 Å². The van der Waals surface area contributed by atoms with Crippen LogP contribution in [0.2, 0.25) is 0 Å². The van der Waals surface area contributed by atoms with Gasteiger partial charge in [0, 0.05) is 23.7 Å². The van der Waals surface area contributed by atoms with Gasteiger partial charge in [0.1, 0.15) is 6.04 Å². The molecule has 1 heterocycles. The molecule has 0 bridgehead atoms. The molecule has 0 aromatic carbocycles. The lowest BCUT2D eigenvalue weighted by Gasteiger charge is -2.21. The Morgan fingerprint density at radius 3 is 2.61 bits per heavy atom. The van der Waals surface area contributed by atoms with Crippen molar-refractivity contribution >= 4 is 11.8 Å². The van der Waals surface area contributed by atoms with E-state index in [1.165, 1.54) is 0 Å². The lowest BCUT2D eigenvalue weighted by atomic mass is 9.95. The monoisotopic (exact) mass is 252 g/mol. The van der Waals surface area contributed by atoms with Crippen molar-refractivity contribution in [2.24, 2.45) is 5.41 Å². The number of amides is 2. The topological polar surface area (TPSA) is 86.9 Å². The lowest BCUT2D eigenvalue weighted by molar-refractivity contribution is -0.133. The Hall–Kier alpha value is -1.85. The SMILES string of the molecule is CC(NC(=O)C(C)(C)C)C(=O)NCc1cn[nH]c1. The van der Waals surface area contributed by atoms with Crippen LogP contribution in [0.5, 0.6) is 0 Å². The zero-order chi connectivity index (χ0) is 13.8. The third kappa shape index (κ3) is 4.20. The molecule has 0 radical (unpaired) electrons. The molecule has 1 atom stereocenters. The fraction of sp³-hybridized carbons (Fsp3) is 0.583. The third-order valence-corrected chi connectivity index (χ3v) is 2.44. The Kier molecular flexibility index (Phi) is 4.47. The van der Waals surface area contributed by atoms with E-state index in [2.05, 4.69) is 20.8 Å². The molecule has 100 valence electrons. The van der Waals surface area contributed by atoms with Gasteiger partial charge in [-0.05, 0) is 6.92 Å². The van der Waals surface area contributed by atoms with E-state index in [0.29, 0.717) is 6.54 Å². The number of carbonyl (C=O) groups excluding carboxylic acids is 2. The van der Waals surface area contributed by atoms with Crippen molar-refractivity contribution in [3.8, 4) is 0 Å². The summed E-state index contributed by atoms with van der Waals surface area (Å²) in [5.74, 6) is -0.359. The van der Waals surface area contributed by atoms with Gasteiger partial charge in [-0.25, -0.2) is 0 Å². The summed E-state index contributed by atoms with van der Waals surface area (Å²) in [6.45, 7) is 7.47. The molecule has 0 fully saturated rings. The maximum Gasteiger partial charge on any atom is 0.242 e. The minimum atomic E-state index is -0.552. The first-order valence-electron chi connectivity index (χ1n) is 5.87. The number of H-pyrrole nitrogens is 1. The Balaban J connectivity index is 2.40. The summed E-state index contributed by atoms with van der Waals surface area (Å²) in [5.41, 5.74) is 0.386. The maximum atomic E-state index is 11.7. The van der Waals surface area contributed by atoms with E-state index in [-0.39, 0.29) is 11.8 Å². The molecular formula is C12H20N4O2. The summed E-state index contributed by atoms with van der Waals surface area (Å²) >= 11 is 0. The van der Waals surface area contributed by atoms with E-state index in [0.717, 1.165) is 5.56 Å². The first-order valence-corrected chi connectivity index (χ1v) is 5.87. The number of aromatic nitrogens is 2. The molecule has 1 aromatic rings. The van der Waals surface area contributed by atoms with Crippen LogP contribution in [0.15, 0.2) is 12.4 Å². The van der Waals surface area contributed by atoms with Crippen molar-refractivity contribution in [2.75, 3.05) is 0 Å². The Morgan fingerprint density at radius 2 is 2.11 bits per heavy atom. The molecule has 18 heavy (non-hydrogen) atoms. The van der Waals surface area contributed by atoms with Crippen molar-refractivity contribution in [2.45, 2.75) is 40.3 Å². The van der Waals surface area contributed by atoms with Crippen LogP contribution in [0.3, 0.4) is 0 Å². The molecule has 1 aromatic heterocycles. The summed E-state index contributed by atoms with van der Waals surface area (Å²) in [6, 6.07) is -0.552. The highest BCUT2D eigenvalue weighted by Gasteiger charge is 2.24. The number of aromatic amines is 1. The number of hydrogen-bond acceptors (Lipinski definition) is 3. The molecule has 2 amide bonds. The lowest BCUT2D eigenvalue weighted by Crippen LogP contribution is -2.48. The van der Waals surface area contributed by atoms with Gasteiger partial charge in [0.15, 0.2) is 0 Å². The van der Waals surface area contributed by atoms with E-state index in [4.69, 9.17) is 0 Å². The second-order valence-electron chi connectivity index (χ2n) is 5.27. The van der Waals surface area contributed by atoms with Gasteiger partial charge in [0.2, 0.25) is 11.8 Å². The summed E-state index contributed by atoms with van der Waals surface area (Å²) in [5, 5.41) is 11.8. The molecule has 0 saturated carbocycles. The third-order valence-electron chi connectivity index (χ3n) is 2.44. The molecule has 0 aliphatic heterocycles. The number of carbonyl (C=O) groups is 2. The molecule has 6 heteroatoms. The maximum absolute atomic E-state index is 11.7. The number of nitrogens with one attached hydrogen (secondary N) is 3. The van der Waals surface area contributed by atoms with Gasteiger partial charge >= 0.3 is 0 Å². The molecule has 3 N–H and O–H groups in total. The van der Waals surface area contributed by atoms with Crippen LogP contribution in [0.1, 0.15) is 33.3 Å². The van der Waals surface area contributed by atoms with Crippen LogP contribution in [0.4, 0.5) is 0 Å². The van der Waals surface area contributed by atoms with Gasteiger partial charge in [-0.1, -0.05) is 20.8 Å². The second-order valence-corrected chi connectivity index (χ2v) is 5.27. The van der Waals surface area contributed by atoms with Gasteiger partial charge < -0.3 is 10.6 Å². The molecule has 1 unspecified atom stereocenters. The largest absolute Gasteiger partial charge is 0.350 e. The molecule has 0 saturated heterocycles. The highest BCUT2D eigenvalue weighted by molar-refractivity contribution is 5.89. The average molecular weight is 252 g/mol. The van der Waals surface area contributed by atoms with Gasteiger partial charge in [0.05, 0.1) is 6.20 Å². The number of nitrogens with zero attached hydrogens (tertiary/aromatic N) is 1. The number of rotatable bonds is 4. The van der Waals surface area contributed by atoms with Crippen LogP contribution in [0, 0.1) is 5.41 Å². The second kappa shape index (κ2) is 5.66.